The summed E-state index contributed by atoms with van der Waals surface area (Å²) in [7, 11) is -3.61. The highest BCUT2D eigenvalue weighted by Crippen LogP contribution is 2.18. The van der Waals surface area contributed by atoms with Crippen molar-refractivity contribution in [1.82, 2.24) is 9.88 Å². The van der Waals surface area contributed by atoms with Crippen LogP contribution in [0.25, 0.3) is 0 Å². The number of nitrogens with zero attached hydrogens (tertiary/aromatic N) is 1. The van der Waals surface area contributed by atoms with Crippen LogP contribution in [-0.2, 0) is 23.1 Å². The van der Waals surface area contributed by atoms with Crippen LogP contribution in [0.15, 0.2) is 27.6 Å². The summed E-state index contributed by atoms with van der Waals surface area (Å²) >= 11 is 0. The zero-order chi connectivity index (χ0) is 15.6. The summed E-state index contributed by atoms with van der Waals surface area (Å²) in [4.78, 5) is 0.247. The normalized spacial score (nSPS) is 11.8. The van der Waals surface area contributed by atoms with Crippen molar-refractivity contribution < 1.29 is 12.9 Å². The van der Waals surface area contributed by atoms with E-state index in [9.17, 15) is 8.42 Å². The molecule has 114 valence electrons. The Morgan fingerprint density at radius 2 is 2.00 bits per heavy atom. The van der Waals surface area contributed by atoms with Gasteiger partial charge >= 0.3 is 0 Å². The summed E-state index contributed by atoms with van der Waals surface area (Å²) in [5.41, 5.74) is 8.46. The maximum absolute atomic E-state index is 12.4. The van der Waals surface area contributed by atoms with Crippen molar-refractivity contribution in [3.8, 4) is 0 Å². The van der Waals surface area contributed by atoms with Crippen LogP contribution in [0.1, 0.15) is 28.1 Å². The summed E-state index contributed by atoms with van der Waals surface area (Å²) in [6.45, 7) is 5.73. The molecule has 2 aromatic rings. The third kappa shape index (κ3) is 3.31. The standard InChI is InChI=1S/C14H19N3O3S/c1-9-4-5-12(7-15)6-14(9)21(18,19)16-8-13-10(2)17-20-11(13)3/h4-6,16H,7-8,15H2,1-3H3. The quantitative estimate of drug-likeness (QED) is 0.873. The fourth-order valence-corrected chi connectivity index (χ4v) is 3.35. The number of hydrogen-bond acceptors (Lipinski definition) is 5. The number of nitrogens with one attached hydrogen (secondary N) is 1. The van der Waals surface area contributed by atoms with Gasteiger partial charge in [0, 0.05) is 18.7 Å². The van der Waals surface area contributed by atoms with Crippen LogP contribution < -0.4 is 10.5 Å². The van der Waals surface area contributed by atoms with Gasteiger partial charge in [0.1, 0.15) is 5.76 Å². The molecule has 0 spiro atoms. The fourth-order valence-electron chi connectivity index (χ4n) is 2.06. The molecule has 0 aliphatic heterocycles. The van der Waals surface area contributed by atoms with Crippen LogP contribution in [0.5, 0.6) is 0 Å². The van der Waals surface area contributed by atoms with E-state index in [4.69, 9.17) is 10.3 Å². The highest BCUT2D eigenvalue weighted by atomic mass is 32.2. The first-order valence-electron chi connectivity index (χ1n) is 6.56. The molecule has 0 aliphatic carbocycles. The van der Waals surface area contributed by atoms with Gasteiger partial charge in [-0.2, -0.15) is 0 Å². The Hall–Kier alpha value is -1.70. The first-order valence-corrected chi connectivity index (χ1v) is 8.04. The first-order chi connectivity index (χ1) is 9.85. The fraction of sp³-hybridized carbons (Fsp3) is 0.357. The Morgan fingerprint density at radius 3 is 2.57 bits per heavy atom. The molecule has 0 amide bonds. The van der Waals surface area contributed by atoms with Crippen LogP contribution >= 0.6 is 0 Å². The van der Waals surface area contributed by atoms with Gasteiger partial charge in [0.25, 0.3) is 0 Å². The summed E-state index contributed by atoms with van der Waals surface area (Å²) in [5, 5.41) is 3.81. The summed E-state index contributed by atoms with van der Waals surface area (Å²) in [5.74, 6) is 0.614. The Bertz CT molecular complexity index is 731. The molecule has 21 heavy (non-hydrogen) atoms. The van der Waals surface area contributed by atoms with E-state index in [-0.39, 0.29) is 11.4 Å². The van der Waals surface area contributed by atoms with Crippen molar-refractivity contribution in [1.29, 1.82) is 0 Å². The van der Waals surface area contributed by atoms with Crippen LogP contribution in [0, 0.1) is 20.8 Å². The molecule has 2 rings (SSSR count). The number of aromatic nitrogens is 1. The summed E-state index contributed by atoms with van der Waals surface area (Å²) in [6, 6.07) is 5.18. The predicted octanol–water partition coefficient (Wildman–Crippen LogP) is 1.54. The average molecular weight is 309 g/mol. The van der Waals surface area contributed by atoms with Crippen molar-refractivity contribution in [2.45, 2.75) is 38.8 Å². The molecular weight excluding hydrogens is 290 g/mol. The van der Waals surface area contributed by atoms with E-state index in [0.29, 0.717) is 23.6 Å². The average Bonchev–Trinajstić information content (AvgIpc) is 2.76. The van der Waals surface area contributed by atoms with Crippen molar-refractivity contribution >= 4 is 10.0 Å². The van der Waals surface area contributed by atoms with Gasteiger partial charge in [0.05, 0.1) is 10.6 Å². The van der Waals surface area contributed by atoms with Gasteiger partial charge in [0.15, 0.2) is 0 Å². The van der Waals surface area contributed by atoms with Gasteiger partial charge in [-0.3, -0.25) is 0 Å². The Labute approximate surface area is 124 Å². The first kappa shape index (κ1) is 15.7. The van der Waals surface area contributed by atoms with Crippen LogP contribution in [0.3, 0.4) is 0 Å². The number of rotatable bonds is 5. The van der Waals surface area contributed by atoms with E-state index in [1.54, 1.807) is 32.9 Å². The van der Waals surface area contributed by atoms with Crippen LogP contribution in [-0.4, -0.2) is 13.6 Å². The van der Waals surface area contributed by atoms with Crippen molar-refractivity contribution in [3.63, 3.8) is 0 Å². The molecule has 6 nitrogen and oxygen atoms in total. The molecule has 0 radical (unpaired) electrons. The van der Waals surface area contributed by atoms with E-state index < -0.39 is 10.0 Å². The minimum Gasteiger partial charge on any atom is -0.361 e. The van der Waals surface area contributed by atoms with E-state index in [2.05, 4.69) is 9.88 Å². The Morgan fingerprint density at radius 1 is 1.29 bits per heavy atom. The van der Waals surface area contributed by atoms with E-state index in [0.717, 1.165) is 11.1 Å². The largest absolute Gasteiger partial charge is 0.361 e. The lowest BCUT2D eigenvalue weighted by Gasteiger charge is -2.10. The molecule has 1 heterocycles. The highest BCUT2D eigenvalue weighted by Gasteiger charge is 2.19. The van der Waals surface area contributed by atoms with Gasteiger partial charge in [-0.05, 0) is 38.0 Å². The molecule has 0 bridgehead atoms. The lowest BCUT2D eigenvalue weighted by molar-refractivity contribution is 0.392. The molecule has 7 heteroatoms. The Kier molecular flexibility index (Phi) is 4.46. The number of sulfonamides is 1. The minimum atomic E-state index is -3.61. The monoisotopic (exact) mass is 309 g/mol. The third-order valence-corrected chi connectivity index (χ3v) is 4.94. The Balaban J connectivity index is 2.27. The molecule has 0 fully saturated rings. The summed E-state index contributed by atoms with van der Waals surface area (Å²) in [6.07, 6.45) is 0. The van der Waals surface area contributed by atoms with E-state index >= 15 is 0 Å². The van der Waals surface area contributed by atoms with Gasteiger partial charge < -0.3 is 10.3 Å². The minimum absolute atomic E-state index is 0.149. The summed E-state index contributed by atoms with van der Waals surface area (Å²) < 4.78 is 32.5. The number of hydrogen-bond donors (Lipinski definition) is 2. The lowest BCUT2D eigenvalue weighted by Crippen LogP contribution is -2.24. The van der Waals surface area contributed by atoms with Gasteiger partial charge in [-0.25, -0.2) is 13.1 Å². The second-order valence-electron chi connectivity index (χ2n) is 4.93. The third-order valence-electron chi connectivity index (χ3n) is 3.40. The lowest BCUT2D eigenvalue weighted by atomic mass is 10.1. The maximum Gasteiger partial charge on any atom is 0.241 e. The van der Waals surface area contributed by atoms with Gasteiger partial charge in [0.2, 0.25) is 10.0 Å². The number of benzene rings is 1. The highest BCUT2D eigenvalue weighted by molar-refractivity contribution is 7.89. The molecule has 0 saturated carbocycles. The predicted molar refractivity (Wildman–Crippen MR) is 79.1 cm³/mol. The zero-order valence-corrected chi connectivity index (χ0v) is 13.1. The van der Waals surface area contributed by atoms with Gasteiger partial charge in [-0.15, -0.1) is 0 Å². The van der Waals surface area contributed by atoms with Crippen molar-refractivity contribution in [2.75, 3.05) is 0 Å². The molecule has 3 N–H and O–H groups in total. The second-order valence-corrected chi connectivity index (χ2v) is 6.67. The molecule has 0 saturated heterocycles. The molecule has 0 atom stereocenters. The maximum atomic E-state index is 12.4. The van der Waals surface area contributed by atoms with E-state index in [1.807, 2.05) is 6.07 Å². The molecule has 1 aromatic carbocycles. The second kappa shape index (κ2) is 5.97. The number of aryl methyl sites for hydroxylation is 3. The topological polar surface area (TPSA) is 98.2 Å². The van der Waals surface area contributed by atoms with E-state index in [1.165, 1.54) is 0 Å². The molecule has 1 aromatic heterocycles. The van der Waals surface area contributed by atoms with Crippen molar-refractivity contribution in [2.24, 2.45) is 5.73 Å². The van der Waals surface area contributed by atoms with Crippen LogP contribution in [0.2, 0.25) is 0 Å². The smallest absolute Gasteiger partial charge is 0.241 e. The van der Waals surface area contributed by atoms with Crippen LogP contribution in [0.4, 0.5) is 0 Å². The molecule has 0 unspecified atom stereocenters. The SMILES string of the molecule is Cc1ccc(CN)cc1S(=O)(=O)NCc1c(C)noc1C. The molecule has 0 aliphatic rings. The zero-order valence-electron chi connectivity index (χ0n) is 12.3. The molecular formula is C14H19N3O3S. The van der Waals surface area contributed by atoms with Crippen molar-refractivity contribution in [3.05, 3.63) is 46.3 Å². The van der Waals surface area contributed by atoms with Gasteiger partial charge in [-0.1, -0.05) is 17.3 Å². The number of nitrogens with two attached hydrogens (primary N) is 1.